The average Bonchev–Trinajstić information content (AvgIpc) is 2.94. The Hall–Kier alpha value is -0.830. The first kappa shape index (κ1) is 13.2. The molecule has 1 saturated carbocycles. The fraction of sp³-hybridized carbons (Fsp3) is 0.688. The Bertz CT molecular complexity index is 477. The molecule has 0 saturated heterocycles. The van der Waals surface area contributed by atoms with Crippen molar-refractivity contribution in [2.24, 2.45) is 5.41 Å². The Kier molecular flexibility index (Phi) is 3.42. The van der Waals surface area contributed by atoms with E-state index in [1.165, 1.54) is 16.9 Å². The van der Waals surface area contributed by atoms with Gasteiger partial charge in [0.25, 0.3) is 0 Å². The third-order valence-corrected chi connectivity index (χ3v) is 5.68. The number of aryl methyl sites for hydroxylation is 1. The summed E-state index contributed by atoms with van der Waals surface area (Å²) in [5.74, 6) is 0.376. The minimum absolute atomic E-state index is 0.110. The van der Waals surface area contributed by atoms with Gasteiger partial charge in [0, 0.05) is 10.9 Å². The molecule has 2 atom stereocenters. The molecule has 1 amide bonds. The lowest BCUT2D eigenvalue weighted by atomic mass is 9.87. The highest BCUT2D eigenvalue weighted by Crippen LogP contribution is 2.38. The fourth-order valence-electron chi connectivity index (χ4n) is 3.62. The molecular formula is C16H23NOS. The highest BCUT2D eigenvalue weighted by atomic mass is 32.1. The van der Waals surface area contributed by atoms with E-state index in [0.29, 0.717) is 11.5 Å². The van der Waals surface area contributed by atoms with Crippen molar-refractivity contribution in [3.8, 4) is 0 Å². The average molecular weight is 277 g/mol. The van der Waals surface area contributed by atoms with Crippen molar-refractivity contribution >= 4 is 17.2 Å². The van der Waals surface area contributed by atoms with Crippen LogP contribution in [-0.4, -0.2) is 11.9 Å². The zero-order valence-corrected chi connectivity index (χ0v) is 12.7. The van der Waals surface area contributed by atoms with Gasteiger partial charge in [-0.15, -0.1) is 11.3 Å². The van der Waals surface area contributed by atoms with E-state index in [1.807, 2.05) is 11.3 Å². The minimum Gasteiger partial charge on any atom is -0.353 e. The summed E-state index contributed by atoms with van der Waals surface area (Å²) in [5, 5.41) is 5.43. The zero-order chi connectivity index (χ0) is 13.5. The van der Waals surface area contributed by atoms with Gasteiger partial charge in [0.05, 0.1) is 5.92 Å². The molecule has 1 fully saturated rings. The Labute approximate surface area is 119 Å². The second-order valence-electron chi connectivity index (χ2n) is 6.86. The Morgan fingerprint density at radius 2 is 2.26 bits per heavy atom. The van der Waals surface area contributed by atoms with Crippen molar-refractivity contribution < 1.29 is 4.79 Å². The molecular weight excluding hydrogens is 254 g/mol. The number of hydrogen-bond donors (Lipinski definition) is 1. The van der Waals surface area contributed by atoms with E-state index < -0.39 is 0 Å². The van der Waals surface area contributed by atoms with Gasteiger partial charge in [-0.1, -0.05) is 13.8 Å². The van der Waals surface area contributed by atoms with Crippen molar-refractivity contribution in [3.05, 3.63) is 21.9 Å². The number of carbonyl (C=O) groups is 1. The van der Waals surface area contributed by atoms with Crippen LogP contribution in [0.4, 0.5) is 0 Å². The zero-order valence-electron chi connectivity index (χ0n) is 11.9. The third kappa shape index (κ3) is 2.71. The van der Waals surface area contributed by atoms with Crippen LogP contribution in [0.3, 0.4) is 0 Å². The van der Waals surface area contributed by atoms with Gasteiger partial charge in [0.1, 0.15) is 0 Å². The first-order valence-corrected chi connectivity index (χ1v) is 8.30. The number of thiophene rings is 1. The first-order valence-electron chi connectivity index (χ1n) is 7.42. The summed E-state index contributed by atoms with van der Waals surface area (Å²) >= 11 is 1.81. The first-order chi connectivity index (χ1) is 9.05. The molecule has 0 bridgehead atoms. The number of rotatable bonds is 2. The van der Waals surface area contributed by atoms with Gasteiger partial charge < -0.3 is 5.32 Å². The summed E-state index contributed by atoms with van der Waals surface area (Å²) in [6.45, 7) is 4.60. The quantitative estimate of drug-likeness (QED) is 0.873. The van der Waals surface area contributed by atoms with Crippen LogP contribution in [0.15, 0.2) is 11.4 Å². The Balaban J connectivity index is 1.66. The molecule has 2 nitrogen and oxygen atoms in total. The molecule has 3 heteroatoms. The topological polar surface area (TPSA) is 29.1 Å². The molecule has 1 heterocycles. The Morgan fingerprint density at radius 1 is 1.42 bits per heavy atom. The van der Waals surface area contributed by atoms with Gasteiger partial charge in [-0.25, -0.2) is 0 Å². The maximum atomic E-state index is 12.5. The van der Waals surface area contributed by atoms with E-state index in [2.05, 4.69) is 30.6 Å². The predicted octanol–water partition coefficient (Wildman–Crippen LogP) is 3.86. The molecule has 2 aliphatic carbocycles. The van der Waals surface area contributed by atoms with Gasteiger partial charge in [0.2, 0.25) is 5.91 Å². The minimum atomic E-state index is 0.110. The number of fused-ring (bicyclic) bond motifs is 1. The molecule has 0 radical (unpaired) electrons. The molecule has 2 aliphatic rings. The molecule has 104 valence electrons. The van der Waals surface area contributed by atoms with Crippen molar-refractivity contribution in [1.82, 2.24) is 5.32 Å². The molecule has 0 spiro atoms. The molecule has 2 unspecified atom stereocenters. The van der Waals surface area contributed by atoms with Crippen LogP contribution in [0.25, 0.3) is 0 Å². The number of hydrogen-bond acceptors (Lipinski definition) is 2. The van der Waals surface area contributed by atoms with E-state index in [0.717, 1.165) is 32.1 Å². The SMILES string of the molecule is CC1(C)CCC(NC(=O)C2CCCc3sccc32)C1. The molecule has 0 aliphatic heterocycles. The fourth-order valence-corrected chi connectivity index (χ4v) is 4.61. The van der Waals surface area contributed by atoms with Crippen LogP contribution >= 0.6 is 11.3 Å². The third-order valence-electron chi connectivity index (χ3n) is 4.68. The molecule has 3 rings (SSSR count). The maximum Gasteiger partial charge on any atom is 0.227 e. The highest BCUT2D eigenvalue weighted by molar-refractivity contribution is 7.10. The van der Waals surface area contributed by atoms with Gasteiger partial charge in [-0.05, 0) is 60.9 Å². The lowest BCUT2D eigenvalue weighted by Gasteiger charge is -2.24. The van der Waals surface area contributed by atoms with Crippen LogP contribution in [0.2, 0.25) is 0 Å². The monoisotopic (exact) mass is 277 g/mol. The van der Waals surface area contributed by atoms with E-state index in [4.69, 9.17) is 0 Å². The smallest absolute Gasteiger partial charge is 0.227 e. The molecule has 0 aromatic carbocycles. The van der Waals surface area contributed by atoms with Gasteiger partial charge >= 0.3 is 0 Å². The standard InChI is InChI=1S/C16H23NOS/c1-16(2)8-6-11(10-16)17-15(18)13-4-3-5-14-12(13)7-9-19-14/h7,9,11,13H,3-6,8,10H2,1-2H3,(H,17,18). The summed E-state index contributed by atoms with van der Waals surface area (Å²) in [4.78, 5) is 13.9. The maximum absolute atomic E-state index is 12.5. The van der Waals surface area contributed by atoms with Crippen molar-refractivity contribution in [3.63, 3.8) is 0 Å². The van der Waals surface area contributed by atoms with E-state index in [1.54, 1.807) is 0 Å². The van der Waals surface area contributed by atoms with Crippen LogP contribution in [0.1, 0.15) is 62.3 Å². The second kappa shape index (κ2) is 4.93. The van der Waals surface area contributed by atoms with Gasteiger partial charge in [-0.3, -0.25) is 4.79 Å². The van der Waals surface area contributed by atoms with Crippen LogP contribution < -0.4 is 5.32 Å². The van der Waals surface area contributed by atoms with Crippen molar-refractivity contribution in [2.75, 3.05) is 0 Å². The van der Waals surface area contributed by atoms with Gasteiger partial charge in [0.15, 0.2) is 0 Å². The van der Waals surface area contributed by atoms with Crippen LogP contribution in [0.5, 0.6) is 0 Å². The molecule has 19 heavy (non-hydrogen) atoms. The summed E-state index contributed by atoms with van der Waals surface area (Å²) in [6.07, 6.45) is 6.83. The Morgan fingerprint density at radius 3 is 3.00 bits per heavy atom. The van der Waals surface area contributed by atoms with Crippen molar-refractivity contribution in [2.45, 2.75) is 64.3 Å². The van der Waals surface area contributed by atoms with Crippen LogP contribution in [-0.2, 0) is 11.2 Å². The number of carbonyl (C=O) groups excluding carboxylic acids is 1. The lowest BCUT2D eigenvalue weighted by Crippen LogP contribution is -2.37. The van der Waals surface area contributed by atoms with E-state index in [9.17, 15) is 4.79 Å². The second-order valence-corrected chi connectivity index (χ2v) is 7.86. The number of amides is 1. The molecule has 1 aromatic rings. The summed E-state index contributed by atoms with van der Waals surface area (Å²) in [5.41, 5.74) is 1.70. The molecule has 1 N–H and O–H groups in total. The predicted molar refractivity (Wildman–Crippen MR) is 79.6 cm³/mol. The van der Waals surface area contributed by atoms with E-state index in [-0.39, 0.29) is 11.8 Å². The summed E-state index contributed by atoms with van der Waals surface area (Å²) < 4.78 is 0. The summed E-state index contributed by atoms with van der Waals surface area (Å²) in [6, 6.07) is 2.55. The normalized spacial score (nSPS) is 28.9. The number of nitrogens with one attached hydrogen (secondary N) is 1. The largest absolute Gasteiger partial charge is 0.353 e. The highest BCUT2D eigenvalue weighted by Gasteiger charge is 2.34. The van der Waals surface area contributed by atoms with E-state index >= 15 is 0 Å². The van der Waals surface area contributed by atoms with Gasteiger partial charge in [-0.2, -0.15) is 0 Å². The van der Waals surface area contributed by atoms with Crippen LogP contribution in [0, 0.1) is 5.41 Å². The van der Waals surface area contributed by atoms with Crippen molar-refractivity contribution in [1.29, 1.82) is 0 Å². The summed E-state index contributed by atoms with van der Waals surface area (Å²) in [7, 11) is 0. The lowest BCUT2D eigenvalue weighted by molar-refractivity contribution is -0.123. The molecule has 1 aromatic heterocycles.